The van der Waals surface area contributed by atoms with Crippen molar-refractivity contribution in [2.24, 2.45) is 0 Å². The van der Waals surface area contributed by atoms with Gasteiger partial charge in [0.15, 0.2) is 5.57 Å². The number of esters is 2. The number of aliphatic hydroxyl groups excluding tert-OH is 1. The molecule has 0 aliphatic carbocycles. The predicted molar refractivity (Wildman–Crippen MR) is 94.1 cm³/mol. The van der Waals surface area contributed by atoms with Gasteiger partial charge in [0, 0.05) is 44.5 Å². The van der Waals surface area contributed by atoms with Gasteiger partial charge in [-0.2, -0.15) is 0 Å². The maximum atomic E-state index is 11.9. The van der Waals surface area contributed by atoms with E-state index in [9.17, 15) is 9.59 Å². The van der Waals surface area contributed by atoms with Crippen LogP contribution in [0, 0.1) is 6.92 Å². The fourth-order valence-corrected chi connectivity index (χ4v) is 2.53. The topological polar surface area (TPSA) is 88.1 Å². The minimum Gasteiger partial charge on any atom is -0.419 e. The number of aliphatic hydroxyl groups is 1. The molecule has 2 N–H and O–H groups in total. The number of aryl methyl sites for hydroxylation is 1. The summed E-state index contributed by atoms with van der Waals surface area (Å²) in [5.74, 6) is -2.69. The van der Waals surface area contributed by atoms with Gasteiger partial charge in [-0.05, 0) is 37.6 Å². The highest BCUT2D eigenvalue weighted by Gasteiger charge is 2.38. The number of carbonyl (C=O) groups excluding carboxylic acids is 2. The molecule has 0 radical (unpaired) electrons. The van der Waals surface area contributed by atoms with Gasteiger partial charge in [-0.15, -0.1) is 0 Å². The molecule has 0 unspecified atom stereocenters. The third kappa shape index (κ3) is 4.51. The number of rotatable bonds is 6. The second-order valence-electron chi connectivity index (χ2n) is 6.18. The van der Waals surface area contributed by atoms with Crippen LogP contribution in [0.15, 0.2) is 30.0 Å². The molecule has 0 atom stereocenters. The normalized spacial score (nSPS) is 16.1. The standard InChI is InChI=1S/C18H24N2O5/c1-5-20(8-9-21)13-6-7-15(12(2)10-13)19-11-14-16(22)24-18(3,4)25-17(14)23/h6-7,10-11,19,21H,5,8-9H2,1-4H3. The number of nitrogens with one attached hydrogen (secondary N) is 1. The predicted octanol–water partition coefficient (Wildman–Crippen LogP) is 1.95. The third-order valence-corrected chi connectivity index (χ3v) is 3.82. The lowest BCUT2D eigenvalue weighted by Crippen LogP contribution is -2.42. The van der Waals surface area contributed by atoms with Crippen LogP contribution in [0.4, 0.5) is 11.4 Å². The lowest BCUT2D eigenvalue weighted by atomic mass is 10.1. The van der Waals surface area contributed by atoms with Crippen LogP contribution in [0.3, 0.4) is 0 Å². The monoisotopic (exact) mass is 348 g/mol. The molecule has 1 saturated heterocycles. The quantitative estimate of drug-likeness (QED) is 0.461. The zero-order valence-electron chi connectivity index (χ0n) is 15.0. The van der Waals surface area contributed by atoms with Crippen molar-refractivity contribution in [1.82, 2.24) is 0 Å². The van der Waals surface area contributed by atoms with E-state index < -0.39 is 17.7 Å². The largest absolute Gasteiger partial charge is 0.419 e. The second-order valence-corrected chi connectivity index (χ2v) is 6.18. The Morgan fingerprint density at radius 2 is 1.88 bits per heavy atom. The Morgan fingerprint density at radius 3 is 2.40 bits per heavy atom. The highest BCUT2D eigenvalue weighted by molar-refractivity contribution is 6.15. The second kappa shape index (κ2) is 7.57. The van der Waals surface area contributed by atoms with Crippen molar-refractivity contribution in [2.75, 3.05) is 29.9 Å². The molecule has 0 bridgehead atoms. The molecule has 1 aromatic carbocycles. The van der Waals surface area contributed by atoms with Crippen LogP contribution in [0.1, 0.15) is 26.3 Å². The van der Waals surface area contributed by atoms with E-state index in [1.54, 1.807) is 0 Å². The molecule has 7 heteroatoms. The van der Waals surface area contributed by atoms with Crippen LogP contribution in [0.5, 0.6) is 0 Å². The van der Waals surface area contributed by atoms with Gasteiger partial charge in [0.05, 0.1) is 6.61 Å². The van der Waals surface area contributed by atoms with Crippen LogP contribution in [0.25, 0.3) is 0 Å². The molecule has 0 saturated carbocycles. The van der Waals surface area contributed by atoms with Crippen molar-refractivity contribution < 1.29 is 24.2 Å². The first-order valence-electron chi connectivity index (χ1n) is 8.17. The number of benzene rings is 1. The van der Waals surface area contributed by atoms with E-state index in [1.165, 1.54) is 20.0 Å². The Hall–Kier alpha value is -2.54. The fraction of sp³-hybridized carbons (Fsp3) is 0.444. The molecule has 1 aliphatic heterocycles. The Balaban J connectivity index is 2.15. The molecule has 1 heterocycles. The zero-order valence-corrected chi connectivity index (χ0v) is 15.0. The molecule has 1 aliphatic rings. The molecule has 7 nitrogen and oxygen atoms in total. The number of carbonyl (C=O) groups is 2. The minimum atomic E-state index is -1.25. The first-order chi connectivity index (χ1) is 11.8. The Morgan fingerprint density at radius 1 is 1.24 bits per heavy atom. The van der Waals surface area contributed by atoms with Crippen molar-refractivity contribution in [3.05, 3.63) is 35.5 Å². The van der Waals surface area contributed by atoms with E-state index in [0.717, 1.165) is 23.5 Å². The molecule has 1 fully saturated rings. The fourth-order valence-electron chi connectivity index (χ4n) is 2.53. The first kappa shape index (κ1) is 18.8. The number of hydrogen-bond donors (Lipinski definition) is 2. The average Bonchev–Trinajstić information content (AvgIpc) is 2.52. The van der Waals surface area contributed by atoms with E-state index in [0.29, 0.717) is 6.54 Å². The van der Waals surface area contributed by atoms with Gasteiger partial charge in [0.2, 0.25) is 0 Å². The summed E-state index contributed by atoms with van der Waals surface area (Å²) in [6, 6.07) is 5.74. The Bertz CT molecular complexity index is 675. The lowest BCUT2D eigenvalue weighted by molar-refractivity contribution is -0.222. The van der Waals surface area contributed by atoms with Crippen LogP contribution in [-0.4, -0.2) is 42.5 Å². The number of cyclic esters (lactones) is 2. The van der Waals surface area contributed by atoms with Gasteiger partial charge in [-0.3, -0.25) is 0 Å². The molecule has 0 spiro atoms. The number of ether oxygens (including phenoxy) is 2. The summed E-state index contributed by atoms with van der Waals surface area (Å²) in [7, 11) is 0. The van der Waals surface area contributed by atoms with E-state index in [1.807, 2.05) is 36.9 Å². The average molecular weight is 348 g/mol. The molecule has 0 aromatic heterocycles. The van der Waals surface area contributed by atoms with Crippen LogP contribution in [0.2, 0.25) is 0 Å². The molecular weight excluding hydrogens is 324 g/mol. The maximum Gasteiger partial charge on any atom is 0.350 e. The van der Waals surface area contributed by atoms with Gasteiger partial charge < -0.3 is 24.8 Å². The van der Waals surface area contributed by atoms with Crippen molar-refractivity contribution in [3.8, 4) is 0 Å². The van der Waals surface area contributed by atoms with Gasteiger partial charge in [0.25, 0.3) is 5.79 Å². The van der Waals surface area contributed by atoms with Crippen molar-refractivity contribution in [3.63, 3.8) is 0 Å². The first-order valence-corrected chi connectivity index (χ1v) is 8.17. The van der Waals surface area contributed by atoms with Crippen LogP contribution >= 0.6 is 0 Å². The molecule has 25 heavy (non-hydrogen) atoms. The highest BCUT2D eigenvalue weighted by Crippen LogP contribution is 2.25. The van der Waals surface area contributed by atoms with E-state index in [4.69, 9.17) is 14.6 Å². The van der Waals surface area contributed by atoms with Crippen LogP contribution < -0.4 is 10.2 Å². The molecule has 0 amide bonds. The molecular formula is C18H24N2O5. The number of likely N-dealkylation sites (N-methyl/N-ethyl adjacent to an activating group) is 1. The van der Waals surface area contributed by atoms with Gasteiger partial charge in [0.1, 0.15) is 0 Å². The van der Waals surface area contributed by atoms with E-state index >= 15 is 0 Å². The van der Waals surface area contributed by atoms with Gasteiger partial charge in [-0.25, -0.2) is 9.59 Å². The summed E-state index contributed by atoms with van der Waals surface area (Å²) in [5.41, 5.74) is 2.49. The summed E-state index contributed by atoms with van der Waals surface area (Å²) in [4.78, 5) is 25.9. The van der Waals surface area contributed by atoms with Crippen molar-refractivity contribution >= 4 is 23.3 Å². The Kier molecular flexibility index (Phi) is 5.69. The highest BCUT2D eigenvalue weighted by atomic mass is 16.7. The summed E-state index contributed by atoms with van der Waals surface area (Å²) < 4.78 is 10.1. The maximum absolute atomic E-state index is 11.9. The number of hydrogen-bond acceptors (Lipinski definition) is 7. The van der Waals surface area contributed by atoms with E-state index in [-0.39, 0.29) is 12.2 Å². The summed E-state index contributed by atoms with van der Waals surface area (Å²) in [6.45, 7) is 8.36. The smallest absolute Gasteiger partial charge is 0.350 e. The third-order valence-electron chi connectivity index (χ3n) is 3.82. The molecule has 136 valence electrons. The lowest BCUT2D eigenvalue weighted by Gasteiger charge is -2.29. The number of anilines is 2. The SMILES string of the molecule is CCN(CCO)c1ccc(NC=C2C(=O)OC(C)(C)OC2=O)c(C)c1. The van der Waals surface area contributed by atoms with Gasteiger partial charge in [-0.1, -0.05) is 0 Å². The summed E-state index contributed by atoms with van der Waals surface area (Å²) in [6.07, 6.45) is 1.30. The van der Waals surface area contributed by atoms with Gasteiger partial charge >= 0.3 is 11.9 Å². The van der Waals surface area contributed by atoms with E-state index in [2.05, 4.69) is 5.32 Å². The van der Waals surface area contributed by atoms with Crippen LogP contribution in [-0.2, 0) is 19.1 Å². The van der Waals surface area contributed by atoms with Crippen molar-refractivity contribution in [2.45, 2.75) is 33.5 Å². The summed E-state index contributed by atoms with van der Waals surface area (Å²) in [5, 5.41) is 12.1. The molecule has 2 rings (SSSR count). The zero-order chi connectivity index (χ0) is 18.6. The molecule has 1 aromatic rings. The summed E-state index contributed by atoms with van der Waals surface area (Å²) >= 11 is 0. The Labute approximate surface area is 147 Å². The number of nitrogens with zero attached hydrogens (tertiary/aromatic N) is 1. The minimum absolute atomic E-state index is 0.0829. The van der Waals surface area contributed by atoms with Crippen molar-refractivity contribution in [1.29, 1.82) is 0 Å².